The van der Waals surface area contributed by atoms with E-state index in [4.69, 9.17) is 32.7 Å². The van der Waals surface area contributed by atoms with Gasteiger partial charge in [-0.05, 0) is 75.9 Å². The van der Waals surface area contributed by atoms with E-state index in [1.165, 1.54) is 0 Å². The number of aryl methyl sites for hydroxylation is 1. The van der Waals surface area contributed by atoms with Crippen LogP contribution in [-0.2, 0) is 16.0 Å². The van der Waals surface area contributed by atoms with Crippen LogP contribution in [0, 0.1) is 5.41 Å². The van der Waals surface area contributed by atoms with Crippen molar-refractivity contribution >= 4 is 40.1 Å². The molecule has 2 heterocycles. The van der Waals surface area contributed by atoms with E-state index in [1.807, 2.05) is 25.1 Å². The minimum Gasteiger partial charge on any atom is -0.497 e. The zero-order chi connectivity index (χ0) is 21.6. The zero-order valence-corrected chi connectivity index (χ0v) is 19.3. The summed E-state index contributed by atoms with van der Waals surface area (Å²) >= 11 is 12.4. The van der Waals surface area contributed by atoms with Crippen LogP contribution in [0.4, 0.5) is 0 Å². The maximum absolute atomic E-state index is 12.9. The van der Waals surface area contributed by atoms with Gasteiger partial charge in [0, 0.05) is 24.0 Å². The number of likely N-dealkylation sites (tertiary alicyclic amines) is 1. The maximum Gasteiger partial charge on any atom is 0.312 e. The number of pyridine rings is 1. The van der Waals surface area contributed by atoms with Crippen molar-refractivity contribution in [2.24, 2.45) is 5.41 Å². The molecule has 0 amide bonds. The molecule has 0 aliphatic carbocycles. The second-order valence-electron chi connectivity index (χ2n) is 7.85. The van der Waals surface area contributed by atoms with Gasteiger partial charge in [0.25, 0.3) is 0 Å². The second-order valence-corrected chi connectivity index (χ2v) is 8.64. The molecule has 0 atom stereocenters. The number of fused-ring (bicyclic) bond motifs is 1. The third-order valence-corrected chi connectivity index (χ3v) is 6.63. The molecule has 0 saturated carbocycles. The maximum atomic E-state index is 12.9. The van der Waals surface area contributed by atoms with Crippen LogP contribution in [0.1, 0.15) is 38.2 Å². The average Bonchev–Trinajstić information content (AvgIpc) is 2.76. The van der Waals surface area contributed by atoms with Crippen molar-refractivity contribution < 1.29 is 14.3 Å². The Labute approximate surface area is 188 Å². The van der Waals surface area contributed by atoms with Gasteiger partial charge in [-0.25, -0.2) is 0 Å². The molecule has 5 nitrogen and oxygen atoms in total. The number of alkyl halides is 1. The number of aromatic nitrogens is 1. The summed E-state index contributed by atoms with van der Waals surface area (Å²) in [5, 5.41) is 1.65. The Hall–Kier alpha value is -1.56. The topological polar surface area (TPSA) is 51.7 Å². The third-order valence-electron chi connectivity index (χ3n) is 6.14. The second kappa shape index (κ2) is 10.7. The van der Waals surface area contributed by atoms with Crippen molar-refractivity contribution in [3.05, 3.63) is 35.0 Å². The highest BCUT2D eigenvalue weighted by Gasteiger charge is 2.42. The normalized spacial score (nSPS) is 16.5. The predicted molar refractivity (Wildman–Crippen MR) is 122 cm³/mol. The lowest BCUT2D eigenvalue weighted by molar-refractivity contribution is -0.159. The molecular weight excluding hydrogens is 423 g/mol. The molecule has 1 aliphatic rings. The van der Waals surface area contributed by atoms with E-state index in [0.717, 1.165) is 74.0 Å². The lowest BCUT2D eigenvalue weighted by Gasteiger charge is -2.40. The van der Waals surface area contributed by atoms with E-state index in [9.17, 15) is 4.79 Å². The summed E-state index contributed by atoms with van der Waals surface area (Å²) in [6, 6.07) is 5.83. The smallest absolute Gasteiger partial charge is 0.312 e. The molecule has 0 N–H and O–H groups in total. The molecule has 1 aliphatic heterocycles. The van der Waals surface area contributed by atoms with Crippen molar-refractivity contribution in [2.45, 2.75) is 39.0 Å². The quantitative estimate of drug-likeness (QED) is 0.391. The van der Waals surface area contributed by atoms with E-state index < -0.39 is 5.41 Å². The Bertz CT molecular complexity index is 867. The van der Waals surface area contributed by atoms with Gasteiger partial charge in [0.15, 0.2) is 0 Å². The van der Waals surface area contributed by atoms with Crippen LogP contribution >= 0.6 is 23.2 Å². The van der Waals surface area contributed by atoms with Crippen LogP contribution in [0.25, 0.3) is 10.9 Å². The summed E-state index contributed by atoms with van der Waals surface area (Å²) in [5.74, 6) is 1.33. The molecule has 164 valence electrons. The highest BCUT2D eigenvalue weighted by molar-refractivity contribution is 6.32. The first-order chi connectivity index (χ1) is 14.5. The Morgan fingerprint density at radius 2 is 2.07 bits per heavy atom. The molecule has 7 heteroatoms. The van der Waals surface area contributed by atoms with Crippen molar-refractivity contribution in [3.63, 3.8) is 0 Å². The number of ether oxygens (including phenoxy) is 2. The van der Waals surface area contributed by atoms with Gasteiger partial charge in [-0.1, -0.05) is 11.6 Å². The number of carbonyl (C=O) groups excluding carboxylic acids is 1. The van der Waals surface area contributed by atoms with E-state index in [-0.39, 0.29) is 5.97 Å². The summed E-state index contributed by atoms with van der Waals surface area (Å²) < 4.78 is 10.8. The third kappa shape index (κ3) is 5.19. The molecule has 0 spiro atoms. The number of hydrogen-bond donors (Lipinski definition) is 0. The van der Waals surface area contributed by atoms with Gasteiger partial charge in [-0.2, -0.15) is 0 Å². The molecule has 1 aromatic carbocycles. The van der Waals surface area contributed by atoms with Crippen LogP contribution in [0.3, 0.4) is 0 Å². The number of nitrogens with zero attached hydrogens (tertiary/aromatic N) is 2. The number of carbonyl (C=O) groups is 1. The van der Waals surface area contributed by atoms with E-state index in [2.05, 4.69) is 9.88 Å². The molecule has 1 fully saturated rings. The first-order valence-corrected chi connectivity index (χ1v) is 11.5. The molecule has 0 radical (unpaired) electrons. The Balaban J connectivity index is 1.75. The summed E-state index contributed by atoms with van der Waals surface area (Å²) in [5.41, 5.74) is 1.52. The van der Waals surface area contributed by atoms with Crippen LogP contribution < -0.4 is 4.74 Å². The summed E-state index contributed by atoms with van der Waals surface area (Å²) in [6.07, 6.45) is 5.73. The Morgan fingerprint density at radius 1 is 1.30 bits per heavy atom. The average molecular weight is 453 g/mol. The van der Waals surface area contributed by atoms with Gasteiger partial charge in [0.2, 0.25) is 0 Å². The SMILES string of the molecule is CCOC(=O)C1(CCCc2c(Cl)cnc3ccc(OC)cc23)CCN(CCCl)CC1. The fourth-order valence-electron chi connectivity index (χ4n) is 4.35. The zero-order valence-electron chi connectivity index (χ0n) is 17.8. The molecular formula is C23H30Cl2N2O3. The number of esters is 1. The van der Waals surface area contributed by atoms with Crippen molar-refractivity contribution in [1.29, 1.82) is 0 Å². The van der Waals surface area contributed by atoms with Crippen LogP contribution in [0.2, 0.25) is 5.02 Å². The van der Waals surface area contributed by atoms with E-state index in [0.29, 0.717) is 17.5 Å². The fourth-order valence-corrected chi connectivity index (χ4v) is 4.84. The number of halogens is 2. The first-order valence-electron chi connectivity index (χ1n) is 10.6. The van der Waals surface area contributed by atoms with Gasteiger partial charge < -0.3 is 14.4 Å². The van der Waals surface area contributed by atoms with Gasteiger partial charge >= 0.3 is 5.97 Å². The number of hydrogen-bond acceptors (Lipinski definition) is 5. The summed E-state index contributed by atoms with van der Waals surface area (Å²) in [6.45, 7) is 4.89. The summed E-state index contributed by atoms with van der Waals surface area (Å²) in [7, 11) is 1.65. The number of piperidine rings is 1. The van der Waals surface area contributed by atoms with E-state index in [1.54, 1.807) is 13.3 Å². The van der Waals surface area contributed by atoms with Gasteiger partial charge in [0.05, 0.1) is 29.7 Å². The van der Waals surface area contributed by atoms with Gasteiger partial charge in [-0.15, -0.1) is 11.6 Å². The minimum atomic E-state index is -0.425. The fraction of sp³-hybridized carbons (Fsp3) is 0.565. The molecule has 1 aromatic heterocycles. The molecule has 30 heavy (non-hydrogen) atoms. The number of benzene rings is 1. The Morgan fingerprint density at radius 3 is 2.73 bits per heavy atom. The number of methoxy groups -OCH3 is 1. The van der Waals surface area contributed by atoms with Crippen LogP contribution in [0.5, 0.6) is 5.75 Å². The first kappa shape index (κ1) is 23.1. The molecule has 0 bridgehead atoms. The predicted octanol–water partition coefficient (Wildman–Crippen LogP) is 5.10. The Kier molecular flexibility index (Phi) is 8.20. The molecule has 3 rings (SSSR count). The highest BCUT2D eigenvalue weighted by Crippen LogP contribution is 2.39. The lowest BCUT2D eigenvalue weighted by Crippen LogP contribution is -2.45. The highest BCUT2D eigenvalue weighted by atomic mass is 35.5. The van der Waals surface area contributed by atoms with Crippen LogP contribution in [0.15, 0.2) is 24.4 Å². The largest absolute Gasteiger partial charge is 0.497 e. The van der Waals surface area contributed by atoms with Gasteiger partial charge in [-0.3, -0.25) is 9.78 Å². The van der Waals surface area contributed by atoms with E-state index >= 15 is 0 Å². The van der Waals surface area contributed by atoms with Crippen molar-refractivity contribution in [3.8, 4) is 5.75 Å². The molecule has 0 unspecified atom stereocenters. The summed E-state index contributed by atoms with van der Waals surface area (Å²) in [4.78, 5) is 19.6. The standard InChI is InChI=1S/C23H30Cl2N2O3/c1-3-30-22(28)23(9-12-27(13-10-23)14-11-24)8-4-5-18-19-15-17(29-2)6-7-21(19)26-16-20(18)25/h6-7,15-16H,3-5,8-14H2,1-2H3. The van der Waals surface area contributed by atoms with Gasteiger partial charge in [0.1, 0.15) is 5.75 Å². The van der Waals surface area contributed by atoms with Crippen LogP contribution in [-0.4, -0.2) is 55.1 Å². The number of rotatable bonds is 9. The lowest BCUT2D eigenvalue weighted by atomic mass is 9.74. The molecule has 2 aromatic rings. The van der Waals surface area contributed by atoms with Crippen molar-refractivity contribution in [2.75, 3.05) is 39.2 Å². The van der Waals surface area contributed by atoms with Crippen molar-refractivity contribution in [1.82, 2.24) is 9.88 Å². The molecule has 1 saturated heterocycles. The monoisotopic (exact) mass is 452 g/mol. The minimum absolute atomic E-state index is 0.0668.